The molecular formula is C23H19N7O3. The molecule has 0 atom stereocenters. The summed E-state index contributed by atoms with van der Waals surface area (Å²) >= 11 is 0. The number of amides is 1. The Bertz CT molecular complexity index is 1500. The first-order valence-corrected chi connectivity index (χ1v) is 10.3. The molecule has 33 heavy (non-hydrogen) atoms. The topological polar surface area (TPSA) is 132 Å². The molecule has 2 aromatic carbocycles. The number of nitrogens with one attached hydrogen (secondary N) is 2. The number of aromatic nitrogens is 6. The largest absolute Gasteiger partial charge is 0.421 e. The summed E-state index contributed by atoms with van der Waals surface area (Å²) in [6, 6.07) is 14.9. The highest BCUT2D eigenvalue weighted by Crippen LogP contribution is 2.23. The average molecular weight is 441 g/mol. The quantitative estimate of drug-likeness (QED) is 0.414. The molecular weight excluding hydrogens is 422 g/mol. The van der Waals surface area contributed by atoms with Gasteiger partial charge in [-0.1, -0.05) is 29.8 Å². The van der Waals surface area contributed by atoms with E-state index in [0.29, 0.717) is 40.6 Å². The summed E-state index contributed by atoms with van der Waals surface area (Å²) in [5, 5.41) is 15.6. The van der Waals surface area contributed by atoms with Gasteiger partial charge in [-0.15, -0.1) is 10.2 Å². The number of benzene rings is 2. The minimum atomic E-state index is -0.280. The fourth-order valence-electron chi connectivity index (χ4n) is 3.40. The lowest BCUT2D eigenvalue weighted by Crippen LogP contribution is -2.15. The van der Waals surface area contributed by atoms with Crippen LogP contribution in [0.1, 0.15) is 17.9 Å². The van der Waals surface area contributed by atoms with E-state index in [0.717, 1.165) is 11.1 Å². The smallest absolute Gasteiger partial charge is 0.261 e. The van der Waals surface area contributed by atoms with Crippen molar-refractivity contribution < 1.29 is 9.21 Å². The van der Waals surface area contributed by atoms with Gasteiger partial charge in [0.2, 0.25) is 17.7 Å². The molecule has 1 amide bonds. The van der Waals surface area contributed by atoms with E-state index in [4.69, 9.17) is 4.42 Å². The summed E-state index contributed by atoms with van der Waals surface area (Å²) in [4.78, 5) is 31.3. The summed E-state index contributed by atoms with van der Waals surface area (Å²) in [6.45, 7) is 2.00. The van der Waals surface area contributed by atoms with Crippen molar-refractivity contribution in [2.75, 3.05) is 5.32 Å². The highest BCUT2D eigenvalue weighted by Gasteiger charge is 2.15. The van der Waals surface area contributed by atoms with Crippen LogP contribution in [0.2, 0.25) is 0 Å². The molecule has 0 saturated carbocycles. The number of aromatic amines is 1. The zero-order valence-corrected chi connectivity index (χ0v) is 17.6. The van der Waals surface area contributed by atoms with Crippen molar-refractivity contribution in [2.24, 2.45) is 0 Å². The van der Waals surface area contributed by atoms with E-state index >= 15 is 0 Å². The summed E-state index contributed by atoms with van der Waals surface area (Å²) in [5.74, 6) is 0.583. The highest BCUT2D eigenvalue weighted by atomic mass is 16.4. The molecule has 0 unspecified atom stereocenters. The Morgan fingerprint density at radius 3 is 2.79 bits per heavy atom. The van der Waals surface area contributed by atoms with E-state index in [1.807, 2.05) is 37.3 Å². The molecule has 0 aliphatic rings. The number of nitrogens with zero attached hydrogens (tertiary/aromatic N) is 5. The van der Waals surface area contributed by atoms with E-state index in [2.05, 4.69) is 30.6 Å². The number of rotatable bonds is 6. The second-order valence-corrected chi connectivity index (χ2v) is 7.46. The zero-order valence-electron chi connectivity index (χ0n) is 17.6. The van der Waals surface area contributed by atoms with Crippen molar-refractivity contribution in [3.63, 3.8) is 0 Å². The minimum absolute atomic E-state index is 0.154. The molecule has 3 heterocycles. The standard InChI is InChI=1S/C23H19N7O3/c1-14-6-8-15(9-7-14)23-29-28-20(33-23)11-10-19(31)27-17-4-2-3-5-18(17)30-21-16(12-26-30)22(32)25-13-24-21/h2-9,12-13H,10-11H2,1H3,(H,27,31)(H,24,25,32). The summed E-state index contributed by atoms with van der Waals surface area (Å²) in [5.41, 5.74) is 3.23. The maximum atomic E-state index is 12.6. The summed E-state index contributed by atoms with van der Waals surface area (Å²) < 4.78 is 7.21. The van der Waals surface area contributed by atoms with Crippen molar-refractivity contribution in [1.82, 2.24) is 29.9 Å². The van der Waals surface area contributed by atoms with Gasteiger partial charge >= 0.3 is 0 Å². The number of carbonyl (C=O) groups excluding carboxylic acids is 1. The van der Waals surface area contributed by atoms with Crippen LogP contribution in [0, 0.1) is 6.92 Å². The Kier molecular flexibility index (Phi) is 5.23. The molecule has 0 aliphatic carbocycles. The van der Waals surface area contributed by atoms with Gasteiger partial charge in [0.25, 0.3) is 5.56 Å². The fraction of sp³-hybridized carbons (Fsp3) is 0.130. The van der Waals surface area contributed by atoms with Gasteiger partial charge in [0.1, 0.15) is 5.39 Å². The monoisotopic (exact) mass is 441 g/mol. The van der Waals surface area contributed by atoms with Gasteiger partial charge in [-0.3, -0.25) is 9.59 Å². The van der Waals surface area contributed by atoms with Crippen LogP contribution in [-0.4, -0.2) is 35.9 Å². The van der Waals surface area contributed by atoms with E-state index in [1.54, 1.807) is 18.2 Å². The number of hydrogen-bond donors (Lipinski definition) is 2. The lowest BCUT2D eigenvalue weighted by Gasteiger charge is -2.11. The molecule has 10 heteroatoms. The van der Waals surface area contributed by atoms with E-state index in [9.17, 15) is 9.59 Å². The molecule has 2 N–H and O–H groups in total. The van der Waals surface area contributed by atoms with E-state index in [1.165, 1.54) is 17.2 Å². The van der Waals surface area contributed by atoms with Gasteiger partial charge in [-0.25, -0.2) is 9.67 Å². The van der Waals surface area contributed by atoms with Crippen LogP contribution >= 0.6 is 0 Å². The first-order chi connectivity index (χ1) is 16.1. The van der Waals surface area contributed by atoms with Gasteiger partial charge in [-0.05, 0) is 31.2 Å². The van der Waals surface area contributed by atoms with Gasteiger partial charge < -0.3 is 14.7 Å². The maximum absolute atomic E-state index is 12.6. The Morgan fingerprint density at radius 1 is 1.12 bits per heavy atom. The molecule has 10 nitrogen and oxygen atoms in total. The van der Waals surface area contributed by atoms with Crippen LogP contribution in [-0.2, 0) is 11.2 Å². The van der Waals surface area contributed by atoms with Crippen LogP contribution in [0.5, 0.6) is 0 Å². The Labute approximate surface area is 187 Å². The number of aryl methyl sites for hydroxylation is 2. The van der Waals surface area contributed by atoms with Gasteiger partial charge in [-0.2, -0.15) is 5.10 Å². The predicted molar refractivity (Wildman–Crippen MR) is 121 cm³/mol. The van der Waals surface area contributed by atoms with E-state index in [-0.39, 0.29) is 17.9 Å². The third-order valence-corrected chi connectivity index (χ3v) is 5.11. The average Bonchev–Trinajstić information content (AvgIpc) is 3.47. The molecule has 5 rings (SSSR count). The van der Waals surface area contributed by atoms with Gasteiger partial charge in [0, 0.05) is 18.4 Å². The van der Waals surface area contributed by atoms with Gasteiger partial charge in [0.15, 0.2) is 5.65 Å². The van der Waals surface area contributed by atoms with Gasteiger partial charge in [0.05, 0.1) is 23.9 Å². The number of hydrogen-bond acceptors (Lipinski definition) is 7. The molecule has 164 valence electrons. The van der Waals surface area contributed by atoms with Crippen LogP contribution in [0.25, 0.3) is 28.2 Å². The third-order valence-electron chi connectivity index (χ3n) is 5.11. The normalized spacial score (nSPS) is 11.1. The number of carbonyl (C=O) groups is 1. The lowest BCUT2D eigenvalue weighted by atomic mass is 10.1. The first-order valence-electron chi connectivity index (χ1n) is 10.3. The molecule has 0 bridgehead atoms. The maximum Gasteiger partial charge on any atom is 0.261 e. The van der Waals surface area contributed by atoms with Crippen molar-refractivity contribution in [1.29, 1.82) is 0 Å². The number of fused-ring (bicyclic) bond motifs is 1. The lowest BCUT2D eigenvalue weighted by molar-refractivity contribution is -0.116. The summed E-state index contributed by atoms with van der Waals surface area (Å²) in [6.07, 6.45) is 3.22. The van der Waals surface area contributed by atoms with Crippen molar-refractivity contribution in [3.05, 3.63) is 82.9 Å². The number of anilines is 1. The molecule has 0 spiro atoms. The number of para-hydroxylation sites is 2. The van der Waals surface area contributed by atoms with Crippen LogP contribution in [0.15, 0.2) is 70.3 Å². The third kappa shape index (κ3) is 4.13. The molecule has 3 aromatic heterocycles. The Morgan fingerprint density at radius 2 is 1.94 bits per heavy atom. The Hall–Kier alpha value is -4.60. The second-order valence-electron chi connectivity index (χ2n) is 7.46. The predicted octanol–water partition coefficient (Wildman–Crippen LogP) is 3.04. The molecule has 0 fully saturated rings. The molecule has 0 saturated heterocycles. The highest BCUT2D eigenvalue weighted by molar-refractivity contribution is 5.93. The SMILES string of the molecule is Cc1ccc(-c2nnc(CCC(=O)Nc3ccccc3-n3ncc4c(=O)[nH]cnc43)o2)cc1. The van der Waals surface area contributed by atoms with E-state index < -0.39 is 0 Å². The van der Waals surface area contributed by atoms with Crippen molar-refractivity contribution >= 4 is 22.6 Å². The fourth-order valence-corrected chi connectivity index (χ4v) is 3.40. The molecule has 0 aliphatic heterocycles. The first kappa shape index (κ1) is 20.3. The van der Waals surface area contributed by atoms with Crippen LogP contribution < -0.4 is 10.9 Å². The summed E-state index contributed by atoms with van der Waals surface area (Å²) in [7, 11) is 0. The Balaban J connectivity index is 1.30. The van der Waals surface area contributed by atoms with Crippen molar-refractivity contribution in [2.45, 2.75) is 19.8 Å². The van der Waals surface area contributed by atoms with Crippen LogP contribution in [0.4, 0.5) is 5.69 Å². The molecule has 5 aromatic rings. The zero-order chi connectivity index (χ0) is 22.8. The second kappa shape index (κ2) is 8.50. The van der Waals surface area contributed by atoms with Crippen molar-refractivity contribution in [3.8, 4) is 17.1 Å². The van der Waals surface area contributed by atoms with Crippen LogP contribution in [0.3, 0.4) is 0 Å². The minimum Gasteiger partial charge on any atom is -0.421 e. The molecule has 0 radical (unpaired) electrons. The number of H-pyrrole nitrogens is 1.